The Bertz CT molecular complexity index is 1540. The molecule has 192 valence electrons. The van der Waals surface area contributed by atoms with Gasteiger partial charge in [-0.3, -0.25) is 14.6 Å². The molecule has 0 radical (unpaired) electrons. The van der Waals surface area contributed by atoms with E-state index in [1.54, 1.807) is 7.11 Å². The Labute approximate surface area is 221 Å². The molecule has 1 amide bonds. The maximum Gasteiger partial charge on any atom is 0.303 e. The molecule has 1 atom stereocenters. The fourth-order valence-electron chi connectivity index (χ4n) is 5.01. The summed E-state index contributed by atoms with van der Waals surface area (Å²) in [4.78, 5) is 29.3. The Morgan fingerprint density at radius 1 is 0.947 bits per heavy atom. The number of benzene rings is 3. The molecular weight excluding hydrogens is 478 g/mol. The van der Waals surface area contributed by atoms with Crippen LogP contribution in [0.15, 0.2) is 77.9 Å². The first kappa shape index (κ1) is 25.1. The number of carbonyl (C=O) groups excluding carboxylic acids is 1. The number of hydrazone groups is 1. The standard InChI is InChI=1S/C31H29N3O4/c1-19-8-10-22(11-9-19)31-24-6-4-5-7-25(24)32-20(2)30(31)26-18-27(21-12-14-23(38-3)15-13-21)34(33-26)28(35)16-17-29(36)37/h4-15,27H,16-18H2,1-3H3,(H,36,37). The van der Waals surface area contributed by atoms with E-state index < -0.39 is 5.97 Å². The number of pyridine rings is 1. The number of carbonyl (C=O) groups is 2. The average molecular weight is 508 g/mol. The SMILES string of the molecule is COc1ccc(C2CC(c3c(C)nc4ccccc4c3-c3ccc(C)cc3)=NN2C(=O)CCC(=O)O)cc1. The molecule has 0 bridgehead atoms. The Balaban J connectivity index is 1.66. The fourth-order valence-corrected chi connectivity index (χ4v) is 5.01. The van der Waals surface area contributed by atoms with Crippen LogP contribution in [0, 0.1) is 13.8 Å². The summed E-state index contributed by atoms with van der Waals surface area (Å²) in [6, 6.07) is 23.6. The lowest BCUT2D eigenvalue weighted by molar-refractivity contribution is -0.141. The molecule has 1 aromatic heterocycles. The van der Waals surface area contributed by atoms with E-state index in [4.69, 9.17) is 19.9 Å². The number of carboxylic acid groups (broad SMARTS) is 1. The summed E-state index contributed by atoms with van der Waals surface area (Å²) in [6.07, 6.45) is 0.101. The number of hydrogen-bond donors (Lipinski definition) is 1. The van der Waals surface area contributed by atoms with Gasteiger partial charge in [0.2, 0.25) is 5.91 Å². The number of nitrogens with zero attached hydrogens (tertiary/aromatic N) is 3. The maximum absolute atomic E-state index is 13.2. The van der Waals surface area contributed by atoms with E-state index >= 15 is 0 Å². The number of fused-ring (bicyclic) bond motifs is 1. The van der Waals surface area contributed by atoms with E-state index in [-0.39, 0.29) is 24.8 Å². The van der Waals surface area contributed by atoms with Gasteiger partial charge in [-0.1, -0.05) is 60.2 Å². The summed E-state index contributed by atoms with van der Waals surface area (Å²) in [5.74, 6) is -0.627. The molecule has 5 rings (SSSR count). The average Bonchev–Trinajstić information content (AvgIpc) is 3.36. The maximum atomic E-state index is 13.2. The number of aromatic nitrogens is 1. The number of rotatable bonds is 7. The largest absolute Gasteiger partial charge is 0.497 e. The molecule has 0 aliphatic carbocycles. The summed E-state index contributed by atoms with van der Waals surface area (Å²) in [5, 5.41) is 16.5. The van der Waals surface area contributed by atoms with Crippen molar-refractivity contribution in [3.05, 3.63) is 95.2 Å². The minimum Gasteiger partial charge on any atom is -0.497 e. The van der Waals surface area contributed by atoms with Gasteiger partial charge in [-0.2, -0.15) is 5.10 Å². The molecule has 1 unspecified atom stereocenters. The Hall–Kier alpha value is -4.52. The highest BCUT2D eigenvalue weighted by Crippen LogP contribution is 2.40. The molecule has 1 N–H and O–H groups in total. The monoisotopic (exact) mass is 507 g/mol. The van der Waals surface area contributed by atoms with Gasteiger partial charge in [0.15, 0.2) is 0 Å². The van der Waals surface area contributed by atoms with Crippen molar-refractivity contribution in [1.29, 1.82) is 0 Å². The molecule has 7 heteroatoms. The zero-order valence-corrected chi connectivity index (χ0v) is 21.6. The van der Waals surface area contributed by atoms with Crippen LogP contribution in [0.1, 0.15) is 47.7 Å². The fraction of sp³-hybridized carbons (Fsp3) is 0.226. The van der Waals surface area contributed by atoms with E-state index in [1.165, 1.54) is 10.6 Å². The smallest absolute Gasteiger partial charge is 0.303 e. The Morgan fingerprint density at radius 3 is 2.34 bits per heavy atom. The third-order valence-electron chi connectivity index (χ3n) is 6.92. The van der Waals surface area contributed by atoms with Gasteiger partial charge in [0.25, 0.3) is 0 Å². The highest BCUT2D eigenvalue weighted by molar-refractivity contribution is 6.14. The molecule has 1 aliphatic heterocycles. The zero-order valence-electron chi connectivity index (χ0n) is 21.6. The van der Waals surface area contributed by atoms with Gasteiger partial charge in [-0.15, -0.1) is 0 Å². The van der Waals surface area contributed by atoms with Gasteiger partial charge in [0, 0.05) is 35.0 Å². The lowest BCUT2D eigenvalue weighted by atomic mass is 9.89. The van der Waals surface area contributed by atoms with E-state index in [2.05, 4.69) is 37.3 Å². The number of para-hydroxylation sites is 1. The van der Waals surface area contributed by atoms with E-state index in [1.807, 2.05) is 49.4 Å². The molecule has 0 saturated heterocycles. The summed E-state index contributed by atoms with van der Waals surface area (Å²) >= 11 is 0. The first-order valence-electron chi connectivity index (χ1n) is 12.6. The number of hydrogen-bond acceptors (Lipinski definition) is 5. The van der Waals surface area contributed by atoms with Crippen molar-refractivity contribution in [2.24, 2.45) is 5.10 Å². The summed E-state index contributed by atoms with van der Waals surface area (Å²) in [5.41, 5.74) is 7.51. The summed E-state index contributed by atoms with van der Waals surface area (Å²) in [7, 11) is 1.61. The molecular formula is C31H29N3O4. The van der Waals surface area contributed by atoms with Gasteiger partial charge in [-0.05, 0) is 43.2 Å². The molecule has 0 spiro atoms. The lowest BCUT2D eigenvalue weighted by Gasteiger charge is -2.22. The number of ether oxygens (including phenoxy) is 1. The molecule has 4 aromatic rings. The minimum absolute atomic E-state index is 0.126. The van der Waals surface area contributed by atoms with Crippen LogP contribution in [0.3, 0.4) is 0 Å². The predicted molar refractivity (Wildman–Crippen MR) is 147 cm³/mol. The van der Waals surface area contributed by atoms with Crippen LogP contribution in [0.2, 0.25) is 0 Å². The van der Waals surface area contributed by atoms with Crippen LogP contribution in [0.25, 0.3) is 22.0 Å². The van der Waals surface area contributed by atoms with Crippen LogP contribution in [0.4, 0.5) is 0 Å². The summed E-state index contributed by atoms with van der Waals surface area (Å²) < 4.78 is 5.31. The Kier molecular flexibility index (Phi) is 6.92. The first-order valence-corrected chi connectivity index (χ1v) is 12.6. The van der Waals surface area contributed by atoms with Crippen LogP contribution in [-0.2, 0) is 9.59 Å². The third kappa shape index (κ3) is 4.87. The Morgan fingerprint density at radius 2 is 1.66 bits per heavy atom. The van der Waals surface area contributed by atoms with Crippen molar-refractivity contribution in [3.8, 4) is 16.9 Å². The molecule has 0 fully saturated rings. The van der Waals surface area contributed by atoms with Crippen molar-refractivity contribution in [1.82, 2.24) is 9.99 Å². The first-order chi connectivity index (χ1) is 18.4. The number of aryl methyl sites for hydroxylation is 2. The zero-order chi connectivity index (χ0) is 26.8. The molecule has 1 aliphatic rings. The van der Waals surface area contributed by atoms with Gasteiger partial charge in [0.05, 0.1) is 30.8 Å². The van der Waals surface area contributed by atoms with Gasteiger partial charge < -0.3 is 9.84 Å². The number of amides is 1. The van der Waals surface area contributed by atoms with Crippen LogP contribution >= 0.6 is 0 Å². The number of methoxy groups -OCH3 is 1. The van der Waals surface area contributed by atoms with Crippen LogP contribution < -0.4 is 4.74 Å². The van der Waals surface area contributed by atoms with Crippen LogP contribution in [-0.4, -0.2) is 39.8 Å². The predicted octanol–water partition coefficient (Wildman–Crippen LogP) is 6.07. The molecule has 2 heterocycles. The number of carboxylic acids is 1. The van der Waals surface area contributed by atoms with Crippen molar-refractivity contribution < 1.29 is 19.4 Å². The molecule has 7 nitrogen and oxygen atoms in total. The third-order valence-corrected chi connectivity index (χ3v) is 6.92. The van der Waals surface area contributed by atoms with Gasteiger partial charge >= 0.3 is 5.97 Å². The van der Waals surface area contributed by atoms with E-state index in [0.29, 0.717) is 12.2 Å². The van der Waals surface area contributed by atoms with E-state index in [9.17, 15) is 9.59 Å². The lowest BCUT2D eigenvalue weighted by Crippen LogP contribution is -2.27. The van der Waals surface area contributed by atoms with Crippen molar-refractivity contribution in [3.63, 3.8) is 0 Å². The van der Waals surface area contributed by atoms with Crippen molar-refractivity contribution in [2.75, 3.05) is 7.11 Å². The quantitative estimate of drug-likeness (QED) is 0.328. The second kappa shape index (κ2) is 10.5. The highest BCUT2D eigenvalue weighted by Gasteiger charge is 2.35. The second-order valence-corrected chi connectivity index (χ2v) is 9.50. The van der Waals surface area contributed by atoms with Crippen LogP contribution in [0.5, 0.6) is 5.75 Å². The normalized spacial score (nSPS) is 15.0. The molecule has 38 heavy (non-hydrogen) atoms. The second-order valence-electron chi connectivity index (χ2n) is 9.50. The molecule has 0 saturated carbocycles. The topological polar surface area (TPSA) is 92.1 Å². The molecule has 3 aromatic carbocycles. The minimum atomic E-state index is -1.01. The van der Waals surface area contributed by atoms with Gasteiger partial charge in [-0.25, -0.2) is 5.01 Å². The van der Waals surface area contributed by atoms with Crippen molar-refractivity contribution in [2.45, 2.75) is 39.2 Å². The number of aliphatic carboxylic acids is 1. The highest BCUT2D eigenvalue weighted by atomic mass is 16.5. The van der Waals surface area contributed by atoms with Crippen molar-refractivity contribution >= 4 is 28.5 Å². The van der Waals surface area contributed by atoms with E-state index in [0.717, 1.165) is 44.6 Å². The van der Waals surface area contributed by atoms with Gasteiger partial charge in [0.1, 0.15) is 5.75 Å². The summed E-state index contributed by atoms with van der Waals surface area (Å²) in [6.45, 7) is 4.03.